The van der Waals surface area contributed by atoms with Gasteiger partial charge in [-0.05, 0) is 17.8 Å². The smallest absolute Gasteiger partial charge is 0.0629 e. The molecule has 0 aromatic rings. The molecule has 6 atom stereocenters. The minimum absolute atomic E-state index is 1.07. The zero-order chi connectivity index (χ0) is 9.16. The lowest BCUT2D eigenvalue weighted by Crippen LogP contribution is -2.16. The van der Waals surface area contributed by atoms with Crippen molar-refractivity contribution in [3.8, 4) is 0 Å². The van der Waals surface area contributed by atoms with Gasteiger partial charge in [-0.3, -0.25) is 0 Å². The van der Waals surface area contributed by atoms with Crippen molar-refractivity contribution in [2.24, 2.45) is 17.8 Å². The maximum atomic E-state index is 2.46. The van der Waals surface area contributed by atoms with Gasteiger partial charge in [0, 0.05) is 0 Å². The van der Waals surface area contributed by atoms with Crippen LogP contribution >= 0.6 is 0 Å². The van der Waals surface area contributed by atoms with E-state index in [1.54, 1.807) is 19.3 Å². The van der Waals surface area contributed by atoms with Crippen LogP contribution < -0.4 is 0 Å². The summed E-state index contributed by atoms with van der Waals surface area (Å²) in [5.74, 6) is 6.65. The number of hydrogen-bond acceptors (Lipinski definition) is 0. The van der Waals surface area contributed by atoms with E-state index in [0.717, 1.165) is 41.9 Å². The first-order chi connectivity index (χ1) is 6.18. The molecule has 0 aromatic heterocycles. The molecule has 13 heavy (non-hydrogen) atoms. The number of rotatable bonds is 3. The highest BCUT2D eigenvalue weighted by atomic mass is 14.5. The molecule has 0 spiro atoms. The van der Waals surface area contributed by atoms with Crippen LogP contribution in [0.1, 0.15) is 40.0 Å². The molecule has 0 N–H and O–H groups in total. The lowest BCUT2D eigenvalue weighted by atomic mass is 9.36. The van der Waals surface area contributed by atoms with E-state index < -0.39 is 0 Å². The molecule has 0 heterocycles. The van der Waals surface area contributed by atoms with Gasteiger partial charge >= 0.3 is 0 Å². The largest absolute Gasteiger partial charge is 0.150 e. The molecule has 0 aliphatic heterocycles. The van der Waals surface area contributed by atoms with Gasteiger partial charge < -0.3 is 0 Å². The molecule has 0 radical (unpaired) electrons. The second kappa shape index (κ2) is 2.55. The van der Waals surface area contributed by atoms with E-state index in [2.05, 4.69) is 20.8 Å². The Labute approximate surface area is 82.6 Å². The molecule has 0 aromatic carbocycles. The average Bonchev–Trinajstić information content (AvgIpc) is 2.92. The predicted octanol–water partition coefficient (Wildman–Crippen LogP) is 3.71. The van der Waals surface area contributed by atoms with Crippen LogP contribution in [0.15, 0.2) is 0 Å². The lowest BCUT2D eigenvalue weighted by molar-refractivity contribution is 0.915. The van der Waals surface area contributed by atoms with Crippen LogP contribution in [-0.4, -0.2) is 6.71 Å². The van der Waals surface area contributed by atoms with Crippen LogP contribution in [0.3, 0.4) is 0 Å². The Bertz CT molecular complexity index is 187. The molecule has 0 saturated heterocycles. The van der Waals surface area contributed by atoms with Crippen molar-refractivity contribution in [1.82, 2.24) is 0 Å². The molecule has 3 aliphatic carbocycles. The summed E-state index contributed by atoms with van der Waals surface area (Å²) in [5.41, 5.74) is 0. The maximum Gasteiger partial charge on any atom is 0.150 e. The van der Waals surface area contributed by atoms with E-state index in [1.807, 2.05) is 0 Å². The summed E-state index contributed by atoms with van der Waals surface area (Å²) < 4.78 is 0. The van der Waals surface area contributed by atoms with Crippen LogP contribution in [-0.2, 0) is 0 Å². The second-order valence-corrected chi connectivity index (χ2v) is 6.21. The molecule has 0 amide bonds. The van der Waals surface area contributed by atoms with Crippen LogP contribution in [0, 0.1) is 17.8 Å². The third-order valence-corrected chi connectivity index (χ3v) is 5.00. The van der Waals surface area contributed by atoms with Crippen LogP contribution in [0.25, 0.3) is 0 Å². The second-order valence-electron chi connectivity index (χ2n) is 6.21. The van der Waals surface area contributed by atoms with E-state index >= 15 is 0 Å². The molecule has 3 rings (SSSR count). The van der Waals surface area contributed by atoms with Gasteiger partial charge in [0.15, 0.2) is 0 Å². The third-order valence-electron chi connectivity index (χ3n) is 5.00. The maximum absolute atomic E-state index is 2.46. The zero-order valence-corrected chi connectivity index (χ0v) is 9.16. The topological polar surface area (TPSA) is 0 Å². The minimum atomic E-state index is 1.07. The van der Waals surface area contributed by atoms with Gasteiger partial charge in [0.05, 0.1) is 0 Å². The van der Waals surface area contributed by atoms with Gasteiger partial charge in [-0.2, -0.15) is 0 Å². The third kappa shape index (κ3) is 1.35. The molecule has 1 heteroatoms. The van der Waals surface area contributed by atoms with E-state index in [0.29, 0.717) is 0 Å². The van der Waals surface area contributed by atoms with Gasteiger partial charge in [-0.1, -0.05) is 57.5 Å². The van der Waals surface area contributed by atoms with Gasteiger partial charge in [0.2, 0.25) is 0 Å². The van der Waals surface area contributed by atoms with Crippen molar-refractivity contribution < 1.29 is 0 Å². The zero-order valence-electron chi connectivity index (χ0n) is 9.16. The molecule has 0 unspecified atom stereocenters. The van der Waals surface area contributed by atoms with Crippen molar-refractivity contribution in [3.63, 3.8) is 0 Å². The fourth-order valence-corrected chi connectivity index (χ4v) is 3.61. The summed E-state index contributed by atoms with van der Waals surface area (Å²) in [6.07, 6.45) is 4.66. The average molecular weight is 176 g/mol. The standard InChI is InChI=1S/C12H21B/c1-7-4-10(7)13(11-5-8(11)2)12-6-9(12)3/h7-12H,4-6H2,1-3H3/t7-,8-,9-,10-,11-,12-/m0/s1. The SMILES string of the molecule is C[C@H]1C[C@@H]1B([C@H]1C[C@@H]1C)[C@H]1C[C@@H]1C. The fraction of sp³-hybridized carbons (Fsp3) is 1.00. The highest BCUT2D eigenvalue weighted by molar-refractivity contribution is 6.66. The summed E-state index contributed by atoms with van der Waals surface area (Å²) in [7, 11) is 0. The van der Waals surface area contributed by atoms with E-state index in [-0.39, 0.29) is 0 Å². The minimum Gasteiger partial charge on any atom is -0.0629 e. The van der Waals surface area contributed by atoms with Crippen molar-refractivity contribution >= 4 is 6.71 Å². The quantitative estimate of drug-likeness (QED) is 0.575. The molecule has 72 valence electrons. The molecule has 0 nitrogen and oxygen atoms in total. The summed E-state index contributed by atoms with van der Waals surface area (Å²) in [6.45, 7) is 8.52. The summed E-state index contributed by atoms with van der Waals surface area (Å²) >= 11 is 0. The molecular weight excluding hydrogens is 155 g/mol. The first-order valence-electron chi connectivity index (χ1n) is 6.18. The molecule has 3 saturated carbocycles. The molecule has 0 bridgehead atoms. The van der Waals surface area contributed by atoms with Gasteiger partial charge in [-0.15, -0.1) is 0 Å². The van der Waals surface area contributed by atoms with E-state index in [4.69, 9.17) is 0 Å². The van der Waals surface area contributed by atoms with Crippen molar-refractivity contribution in [1.29, 1.82) is 0 Å². The van der Waals surface area contributed by atoms with Gasteiger partial charge in [0.1, 0.15) is 6.71 Å². The van der Waals surface area contributed by atoms with E-state index in [1.165, 1.54) is 0 Å². The Kier molecular flexibility index (Phi) is 1.64. The normalized spacial score (nSPS) is 57.5. The Balaban J connectivity index is 1.68. The predicted molar refractivity (Wildman–Crippen MR) is 58.3 cm³/mol. The Morgan fingerprint density at radius 1 is 0.692 bits per heavy atom. The van der Waals surface area contributed by atoms with Gasteiger partial charge in [0.25, 0.3) is 0 Å². The lowest BCUT2D eigenvalue weighted by Gasteiger charge is -2.11. The van der Waals surface area contributed by atoms with E-state index in [9.17, 15) is 0 Å². The summed E-state index contributed by atoms with van der Waals surface area (Å²) in [6, 6.07) is 0. The monoisotopic (exact) mass is 176 g/mol. The molecule has 3 aliphatic rings. The Morgan fingerprint density at radius 2 is 0.923 bits per heavy atom. The highest BCUT2D eigenvalue weighted by Crippen LogP contribution is 2.66. The van der Waals surface area contributed by atoms with Crippen molar-refractivity contribution in [2.75, 3.05) is 0 Å². The first-order valence-corrected chi connectivity index (χ1v) is 6.18. The Morgan fingerprint density at radius 3 is 1.08 bits per heavy atom. The first kappa shape index (κ1) is 8.38. The Hall–Kier alpha value is 0.0649. The summed E-state index contributed by atoms with van der Waals surface area (Å²) in [5, 5.41) is 0. The summed E-state index contributed by atoms with van der Waals surface area (Å²) in [4.78, 5) is 0. The highest BCUT2D eigenvalue weighted by Gasteiger charge is 2.58. The van der Waals surface area contributed by atoms with Crippen molar-refractivity contribution in [3.05, 3.63) is 0 Å². The van der Waals surface area contributed by atoms with Crippen LogP contribution in [0.5, 0.6) is 0 Å². The van der Waals surface area contributed by atoms with Crippen LogP contribution in [0.2, 0.25) is 17.5 Å². The van der Waals surface area contributed by atoms with Crippen molar-refractivity contribution in [2.45, 2.75) is 57.5 Å². The number of hydrogen-bond donors (Lipinski definition) is 0. The fourth-order valence-electron chi connectivity index (χ4n) is 3.61. The van der Waals surface area contributed by atoms with Gasteiger partial charge in [-0.25, -0.2) is 0 Å². The molecule has 3 fully saturated rings. The molecular formula is C12H21B. The van der Waals surface area contributed by atoms with Crippen LogP contribution in [0.4, 0.5) is 0 Å².